The molecule has 1 N–H and O–H groups in total. The summed E-state index contributed by atoms with van der Waals surface area (Å²) in [5.74, 6) is 0.663. The maximum Gasteiger partial charge on any atom is 0.287 e. The number of para-hydroxylation sites is 1. The Labute approximate surface area is 194 Å². The molecule has 0 aliphatic carbocycles. The number of hydrogen-bond donors (Lipinski definition) is 1. The minimum absolute atomic E-state index is 0.219. The van der Waals surface area contributed by atoms with Crippen molar-refractivity contribution in [3.63, 3.8) is 0 Å². The van der Waals surface area contributed by atoms with Gasteiger partial charge in [-0.1, -0.05) is 42.1 Å². The van der Waals surface area contributed by atoms with Crippen LogP contribution in [0.5, 0.6) is 0 Å². The van der Waals surface area contributed by atoms with E-state index >= 15 is 0 Å². The number of carbonyl (C=O) groups excluding carboxylic acids is 1. The molecule has 5 rings (SSSR count). The van der Waals surface area contributed by atoms with E-state index in [1.54, 1.807) is 24.7 Å². The van der Waals surface area contributed by atoms with E-state index in [1.807, 2.05) is 65.5 Å². The zero-order valence-electron chi connectivity index (χ0n) is 17.7. The monoisotopic (exact) mass is 455 g/mol. The second-order valence-corrected chi connectivity index (χ2v) is 8.29. The number of carbonyl (C=O) groups is 1. The minimum atomic E-state index is -0.219. The Hall–Kier alpha value is -3.91. The summed E-state index contributed by atoms with van der Waals surface area (Å²) in [7, 11) is 0. The Morgan fingerprint density at radius 1 is 0.970 bits per heavy atom. The number of rotatable bonds is 8. The van der Waals surface area contributed by atoms with Crippen LogP contribution in [0, 0.1) is 0 Å². The molecular weight excluding hydrogens is 434 g/mol. The first-order valence-corrected chi connectivity index (χ1v) is 11.5. The van der Waals surface area contributed by atoms with Crippen LogP contribution in [0.25, 0.3) is 16.7 Å². The first kappa shape index (κ1) is 21.0. The molecule has 0 unspecified atom stereocenters. The van der Waals surface area contributed by atoms with Crippen LogP contribution in [0.15, 0.2) is 95.0 Å². The van der Waals surface area contributed by atoms with Gasteiger partial charge >= 0.3 is 0 Å². The zero-order valence-corrected chi connectivity index (χ0v) is 18.5. The van der Waals surface area contributed by atoms with Gasteiger partial charge < -0.3 is 9.73 Å². The van der Waals surface area contributed by atoms with E-state index in [0.29, 0.717) is 35.2 Å². The lowest BCUT2D eigenvalue weighted by Crippen LogP contribution is -2.26. The van der Waals surface area contributed by atoms with Crippen LogP contribution in [0.3, 0.4) is 0 Å². The Bertz CT molecular complexity index is 1350. The minimum Gasteiger partial charge on any atom is -0.451 e. The summed E-state index contributed by atoms with van der Waals surface area (Å²) < 4.78 is 7.75. The smallest absolute Gasteiger partial charge is 0.287 e. The molecule has 0 radical (unpaired) electrons. The summed E-state index contributed by atoms with van der Waals surface area (Å²) in [5, 5.41) is 8.82. The van der Waals surface area contributed by atoms with Gasteiger partial charge in [-0.05, 0) is 42.3 Å². The molecule has 3 aromatic heterocycles. The number of amides is 1. The van der Waals surface area contributed by atoms with Crippen LogP contribution >= 0.6 is 11.8 Å². The average molecular weight is 456 g/mol. The molecule has 33 heavy (non-hydrogen) atoms. The van der Waals surface area contributed by atoms with Crippen LogP contribution in [-0.2, 0) is 12.2 Å². The second-order valence-electron chi connectivity index (χ2n) is 7.35. The van der Waals surface area contributed by atoms with Crippen LogP contribution in [0.1, 0.15) is 21.7 Å². The highest BCUT2D eigenvalue weighted by molar-refractivity contribution is 7.98. The SMILES string of the molecule is O=C(NCCc1ccc(-n2cccn2)cc1)c1oc2ccccc2c1CSc1ncccn1. The molecule has 0 spiro atoms. The van der Waals surface area contributed by atoms with Gasteiger partial charge in [0, 0.05) is 48.0 Å². The van der Waals surface area contributed by atoms with Gasteiger partial charge in [0.05, 0.1) is 5.69 Å². The van der Waals surface area contributed by atoms with Crippen molar-refractivity contribution < 1.29 is 9.21 Å². The third-order valence-corrected chi connectivity index (χ3v) is 6.10. The summed E-state index contributed by atoms with van der Waals surface area (Å²) in [4.78, 5) is 21.5. The van der Waals surface area contributed by atoms with Crippen molar-refractivity contribution in [3.05, 3.63) is 102 Å². The molecule has 0 fully saturated rings. The average Bonchev–Trinajstić information content (AvgIpc) is 3.52. The predicted octanol–water partition coefficient (Wildman–Crippen LogP) is 4.67. The number of nitrogens with zero attached hydrogens (tertiary/aromatic N) is 4. The fraction of sp³-hybridized carbons (Fsp3) is 0.120. The van der Waals surface area contributed by atoms with Crippen LogP contribution < -0.4 is 5.32 Å². The van der Waals surface area contributed by atoms with E-state index in [0.717, 1.165) is 22.2 Å². The number of benzene rings is 2. The van der Waals surface area contributed by atoms with E-state index < -0.39 is 0 Å². The number of hydrogen-bond acceptors (Lipinski definition) is 6. The molecule has 8 heteroatoms. The maximum atomic E-state index is 13.0. The van der Waals surface area contributed by atoms with Gasteiger partial charge in [0.15, 0.2) is 10.9 Å². The molecule has 0 saturated heterocycles. The van der Waals surface area contributed by atoms with Gasteiger partial charge in [-0.15, -0.1) is 0 Å². The van der Waals surface area contributed by atoms with E-state index in [1.165, 1.54) is 11.8 Å². The highest BCUT2D eigenvalue weighted by Gasteiger charge is 2.20. The molecule has 2 aromatic carbocycles. The van der Waals surface area contributed by atoms with Crippen molar-refractivity contribution in [1.82, 2.24) is 25.1 Å². The first-order chi connectivity index (χ1) is 16.3. The van der Waals surface area contributed by atoms with Gasteiger partial charge in [-0.25, -0.2) is 14.6 Å². The van der Waals surface area contributed by atoms with Crippen LogP contribution in [-0.4, -0.2) is 32.2 Å². The largest absolute Gasteiger partial charge is 0.451 e. The first-order valence-electron chi connectivity index (χ1n) is 10.6. The Balaban J connectivity index is 1.26. The van der Waals surface area contributed by atoms with E-state index in [-0.39, 0.29) is 5.91 Å². The zero-order chi connectivity index (χ0) is 22.5. The molecule has 0 atom stereocenters. The highest BCUT2D eigenvalue weighted by Crippen LogP contribution is 2.31. The number of furan rings is 1. The second kappa shape index (κ2) is 9.70. The predicted molar refractivity (Wildman–Crippen MR) is 127 cm³/mol. The summed E-state index contributed by atoms with van der Waals surface area (Å²) >= 11 is 1.48. The molecule has 3 heterocycles. The fourth-order valence-corrected chi connectivity index (χ4v) is 4.39. The number of aromatic nitrogens is 4. The number of fused-ring (bicyclic) bond motifs is 1. The molecule has 7 nitrogen and oxygen atoms in total. The molecule has 0 aliphatic rings. The molecule has 1 amide bonds. The van der Waals surface area contributed by atoms with Gasteiger partial charge in [-0.3, -0.25) is 4.79 Å². The Morgan fingerprint density at radius 3 is 2.58 bits per heavy atom. The van der Waals surface area contributed by atoms with Crippen molar-refractivity contribution in [3.8, 4) is 5.69 Å². The molecule has 0 saturated carbocycles. The van der Waals surface area contributed by atoms with Crippen LogP contribution in [0.4, 0.5) is 0 Å². The van der Waals surface area contributed by atoms with Gasteiger partial charge in [0.25, 0.3) is 5.91 Å². The lowest BCUT2D eigenvalue weighted by atomic mass is 10.1. The fourth-order valence-electron chi connectivity index (χ4n) is 3.56. The standard InChI is InChI=1S/C25H21N5O2S/c31-24(26-15-11-18-7-9-19(10-8-18)30-16-4-14-29-30)23-21(17-33-25-27-12-3-13-28-25)20-5-1-2-6-22(20)32-23/h1-10,12-14,16H,11,15,17H2,(H,26,31). The topological polar surface area (TPSA) is 85.8 Å². The number of nitrogens with one attached hydrogen (secondary N) is 1. The van der Waals surface area contributed by atoms with Crippen molar-refractivity contribution in [1.29, 1.82) is 0 Å². The van der Waals surface area contributed by atoms with Crippen molar-refractivity contribution in [2.75, 3.05) is 6.54 Å². The third kappa shape index (κ3) is 4.80. The summed E-state index contributed by atoms with van der Waals surface area (Å²) in [6.07, 6.45) is 7.78. The van der Waals surface area contributed by atoms with Crippen molar-refractivity contribution in [2.45, 2.75) is 17.3 Å². The van der Waals surface area contributed by atoms with E-state index in [2.05, 4.69) is 20.4 Å². The molecular formula is C25H21N5O2S. The molecule has 0 aliphatic heterocycles. The lowest BCUT2D eigenvalue weighted by Gasteiger charge is -2.07. The van der Waals surface area contributed by atoms with Crippen molar-refractivity contribution in [2.24, 2.45) is 0 Å². The molecule has 5 aromatic rings. The van der Waals surface area contributed by atoms with E-state index in [4.69, 9.17) is 4.42 Å². The van der Waals surface area contributed by atoms with E-state index in [9.17, 15) is 4.79 Å². The van der Waals surface area contributed by atoms with Crippen LogP contribution in [0.2, 0.25) is 0 Å². The molecule has 0 bridgehead atoms. The van der Waals surface area contributed by atoms with Gasteiger partial charge in [0.1, 0.15) is 5.58 Å². The molecule has 164 valence electrons. The Morgan fingerprint density at radius 2 is 1.79 bits per heavy atom. The Kier molecular flexibility index (Phi) is 6.16. The summed E-state index contributed by atoms with van der Waals surface area (Å²) in [6.45, 7) is 0.505. The van der Waals surface area contributed by atoms with Gasteiger partial charge in [-0.2, -0.15) is 5.10 Å². The maximum absolute atomic E-state index is 13.0. The van der Waals surface area contributed by atoms with Gasteiger partial charge in [0.2, 0.25) is 0 Å². The number of thioether (sulfide) groups is 1. The summed E-state index contributed by atoms with van der Waals surface area (Å²) in [6, 6.07) is 19.5. The normalized spacial score (nSPS) is 11.0. The highest BCUT2D eigenvalue weighted by atomic mass is 32.2. The van der Waals surface area contributed by atoms with Crippen molar-refractivity contribution >= 4 is 28.6 Å². The quantitative estimate of drug-likeness (QED) is 0.270. The summed E-state index contributed by atoms with van der Waals surface area (Å²) in [5.41, 5.74) is 3.68. The third-order valence-electron chi connectivity index (χ3n) is 5.20. The lowest BCUT2D eigenvalue weighted by molar-refractivity contribution is 0.0927.